The topological polar surface area (TPSA) is 91.2 Å². The van der Waals surface area contributed by atoms with E-state index in [0.717, 1.165) is 24.2 Å². The first-order valence-electron chi connectivity index (χ1n) is 9.95. The van der Waals surface area contributed by atoms with Crippen molar-refractivity contribution in [2.45, 2.75) is 42.5 Å². The van der Waals surface area contributed by atoms with Crippen molar-refractivity contribution in [3.63, 3.8) is 0 Å². The first-order valence-corrected chi connectivity index (χ1v) is 11.4. The number of imide groups is 1. The van der Waals surface area contributed by atoms with Crippen molar-refractivity contribution >= 4 is 22.0 Å². The van der Waals surface area contributed by atoms with Gasteiger partial charge in [0.2, 0.25) is 10.0 Å². The van der Waals surface area contributed by atoms with Crippen molar-refractivity contribution in [2.75, 3.05) is 32.8 Å². The van der Waals surface area contributed by atoms with E-state index < -0.39 is 15.6 Å². The Morgan fingerprint density at radius 2 is 1.64 bits per heavy atom. The normalized spacial score (nSPS) is 23.9. The molecule has 28 heavy (non-hydrogen) atoms. The molecule has 1 aliphatic carbocycles. The van der Waals surface area contributed by atoms with Crippen LogP contribution in [0, 0.1) is 0 Å². The molecule has 2 N–H and O–H groups in total. The molecule has 1 aromatic carbocycles. The third-order valence-corrected chi connectivity index (χ3v) is 8.06. The van der Waals surface area contributed by atoms with Crippen LogP contribution in [0.3, 0.4) is 0 Å². The second-order valence-corrected chi connectivity index (χ2v) is 9.87. The van der Waals surface area contributed by atoms with Gasteiger partial charge < -0.3 is 10.2 Å². The molecule has 1 saturated carbocycles. The highest BCUT2D eigenvalue weighted by Gasteiger charge is 2.52. The highest BCUT2D eigenvalue weighted by molar-refractivity contribution is 7.89. The van der Waals surface area contributed by atoms with E-state index >= 15 is 0 Å². The molecule has 8 nitrogen and oxygen atoms in total. The van der Waals surface area contributed by atoms with Gasteiger partial charge in [-0.1, -0.05) is 37.5 Å². The average Bonchev–Trinajstić information content (AvgIpc) is 2.93. The summed E-state index contributed by atoms with van der Waals surface area (Å²) in [7, 11) is -3.50. The van der Waals surface area contributed by atoms with Crippen LogP contribution in [-0.2, 0) is 14.8 Å². The monoisotopic (exact) mass is 407 g/mol. The highest BCUT2D eigenvalue weighted by atomic mass is 32.2. The van der Waals surface area contributed by atoms with E-state index in [9.17, 15) is 18.0 Å². The minimum atomic E-state index is -3.50. The Morgan fingerprint density at radius 3 is 2.29 bits per heavy atom. The number of urea groups is 1. The number of benzene rings is 1. The minimum Gasteiger partial charge on any atom is -0.323 e. The van der Waals surface area contributed by atoms with Crippen LogP contribution in [0.25, 0.3) is 0 Å². The standard InChI is InChI=1S/C19H26N4O4S/c24-17-19(9-5-2-6-10-19)20-18(25)23(17)15-21-11-13-22(14-12-21)28(26,27)16-7-3-1-4-8-16/h1,3-4,7-8H,2,5-6,9-15H2,(H,20,25)/p+1. The van der Waals surface area contributed by atoms with Gasteiger partial charge in [0, 0.05) is 0 Å². The Bertz CT molecular complexity index is 844. The maximum Gasteiger partial charge on any atom is 0.329 e. The fourth-order valence-electron chi connectivity index (χ4n) is 4.48. The molecular formula is C19H27N4O4S+. The number of nitrogens with zero attached hydrogens (tertiary/aromatic N) is 2. The number of carbonyl (C=O) groups is 2. The van der Waals surface area contributed by atoms with Gasteiger partial charge in [-0.2, -0.15) is 4.31 Å². The fraction of sp³-hybridized carbons (Fsp3) is 0.579. The molecule has 3 fully saturated rings. The predicted molar refractivity (Wildman–Crippen MR) is 102 cm³/mol. The Kier molecular flexibility index (Phi) is 5.15. The lowest BCUT2D eigenvalue weighted by atomic mass is 9.82. The lowest BCUT2D eigenvalue weighted by Crippen LogP contribution is -3.16. The summed E-state index contributed by atoms with van der Waals surface area (Å²) < 4.78 is 27.0. The summed E-state index contributed by atoms with van der Waals surface area (Å²) in [6.07, 6.45) is 4.46. The smallest absolute Gasteiger partial charge is 0.323 e. The fourth-order valence-corrected chi connectivity index (χ4v) is 5.94. The lowest BCUT2D eigenvalue weighted by Gasteiger charge is -2.33. The van der Waals surface area contributed by atoms with E-state index in [4.69, 9.17) is 0 Å². The quantitative estimate of drug-likeness (QED) is 0.676. The summed E-state index contributed by atoms with van der Waals surface area (Å²) in [6, 6.07) is 8.12. The second-order valence-electron chi connectivity index (χ2n) is 7.93. The van der Waals surface area contributed by atoms with Crippen molar-refractivity contribution in [3.8, 4) is 0 Å². The number of hydrogen-bond donors (Lipinski definition) is 2. The number of sulfonamides is 1. The van der Waals surface area contributed by atoms with Crippen LogP contribution in [0.5, 0.6) is 0 Å². The number of carbonyl (C=O) groups excluding carboxylic acids is 2. The van der Waals surface area contributed by atoms with Gasteiger partial charge in [-0.05, 0) is 25.0 Å². The molecule has 4 rings (SSSR count). The third kappa shape index (κ3) is 3.42. The van der Waals surface area contributed by atoms with Crippen LogP contribution in [0.15, 0.2) is 35.2 Å². The number of amides is 3. The number of piperazine rings is 1. The molecule has 2 saturated heterocycles. The maximum absolute atomic E-state index is 12.9. The van der Waals surface area contributed by atoms with Crippen LogP contribution in [0.4, 0.5) is 4.79 Å². The van der Waals surface area contributed by atoms with Gasteiger partial charge in [0.05, 0.1) is 31.1 Å². The summed E-state index contributed by atoms with van der Waals surface area (Å²) in [6.45, 7) is 2.18. The van der Waals surface area contributed by atoms with Gasteiger partial charge in [-0.25, -0.2) is 18.1 Å². The van der Waals surface area contributed by atoms with Crippen LogP contribution in [0.1, 0.15) is 32.1 Å². The maximum atomic E-state index is 12.9. The van der Waals surface area contributed by atoms with Crippen molar-refractivity contribution in [3.05, 3.63) is 30.3 Å². The van der Waals surface area contributed by atoms with Gasteiger partial charge in [0.15, 0.2) is 6.67 Å². The molecule has 2 heterocycles. The molecule has 0 atom stereocenters. The first kappa shape index (κ1) is 19.4. The minimum absolute atomic E-state index is 0.107. The Hall–Kier alpha value is -1.97. The molecule has 152 valence electrons. The van der Waals surface area contributed by atoms with E-state index in [0.29, 0.717) is 50.6 Å². The van der Waals surface area contributed by atoms with E-state index in [-0.39, 0.29) is 11.9 Å². The highest BCUT2D eigenvalue weighted by Crippen LogP contribution is 2.33. The van der Waals surface area contributed by atoms with Crippen LogP contribution in [-0.4, -0.2) is 67.9 Å². The molecule has 0 bridgehead atoms. The summed E-state index contributed by atoms with van der Waals surface area (Å²) >= 11 is 0. The molecule has 3 amide bonds. The SMILES string of the molecule is O=C1NC2(CCCCC2)C(=O)N1C[NH+]1CCN(S(=O)(=O)c2ccccc2)CC1. The molecule has 0 aromatic heterocycles. The van der Waals surface area contributed by atoms with E-state index in [1.54, 1.807) is 30.3 Å². The number of quaternary nitrogens is 1. The third-order valence-electron chi connectivity index (χ3n) is 6.15. The lowest BCUT2D eigenvalue weighted by molar-refractivity contribution is -0.910. The van der Waals surface area contributed by atoms with E-state index in [2.05, 4.69) is 5.32 Å². The molecular weight excluding hydrogens is 380 g/mol. The molecule has 1 aromatic rings. The Balaban J connectivity index is 1.37. The molecule has 1 spiro atoms. The van der Waals surface area contributed by atoms with Gasteiger partial charge in [-0.15, -0.1) is 0 Å². The Morgan fingerprint density at radius 1 is 1.00 bits per heavy atom. The van der Waals surface area contributed by atoms with E-state index in [1.807, 2.05) is 0 Å². The van der Waals surface area contributed by atoms with Crippen LogP contribution >= 0.6 is 0 Å². The predicted octanol–water partition coefficient (Wildman–Crippen LogP) is -0.212. The van der Waals surface area contributed by atoms with Gasteiger partial charge in [-0.3, -0.25) is 4.79 Å². The summed E-state index contributed by atoms with van der Waals surface area (Å²) in [5.74, 6) is -0.107. The zero-order chi connectivity index (χ0) is 19.8. The van der Waals surface area contributed by atoms with Crippen molar-refractivity contribution < 1.29 is 22.9 Å². The number of hydrogen-bond acceptors (Lipinski definition) is 4. The summed E-state index contributed by atoms with van der Waals surface area (Å²) in [4.78, 5) is 28.0. The molecule has 2 aliphatic heterocycles. The second kappa shape index (κ2) is 7.46. The van der Waals surface area contributed by atoms with Gasteiger partial charge >= 0.3 is 6.03 Å². The van der Waals surface area contributed by atoms with Gasteiger partial charge in [0.25, 0.3) is 5.91 Å². The molecule has 0 unspecified atom stereocenters. The summed E-state index contributed by atoms with van der Waals surface area (Å²) in [5, 5.41) is 2.93. The number of rotatable bonds is 4. The van der Waals surface area contributed by atoms with E-state index in [1.165, 1.54) is 9.21 Å². The van der Waals surface area contributed by atoms with Crippen molar-refractivity contribution in [2.24, 2.45) is 0 Å². The van der Waals surface area contributed by atoms with Crippen LogP contribution < -0.4 is 10.2 Å². The first-order chi connectivity index (χ1) is 13.4. The molecule has 0 radical (unpaired) electrons. The van der Waals surface area contributed by atoms with Crippen LogP contribution in [0.2, 0.25) is 0 Å². The molecule has 9 heteroatoms. The average molecular weight is 408 g/mol. The van der Waals surface area contributed by atoms with Gasteiger partial charge in [0.1, 0.15) is 5.54 Å². The zero-order valence-corrected chi connectivity index (χ0v) is 16.7. The molecule has 3 aliphatic rings. The summed E-state index contributed by atoms with van der Waals surface area (Å²) in [5.41, 5.74) is -0.701. The van der Waals surface area contributed by atoms with Crippen molar-refractivity contribution in [1.29, 1.82) is 0 Å². The Labute approximate surface area is 165 Å². The zero-order valence-electron chi connectivity index (χ0n) is 15.9. The largest absolute Gasteiger partial charge is 0.329 e. The number of nitrogens with one attached hydrogen (secondary N) is 2. The van der Waals surface area contributed by atoms with Crippen molar-refractivity contribution in [1.82, 2.24) is 14.5 Å².